The van der Waals surface area contributed by atoms with Gasteiger partial charge >= 0.3 is 0 Å². The van der Waals surface area contributed by atoms with E-state index < -0.39 is 10.0 Å². The first-order chi connectivity index (χ1) is 16.2. The molecule has 0 aliphatic heterocycles. The minimum atomic E-state index is -4.02. The van der Waals surface area contributed by atoms with Gasteiger partial charge in [0.05, 0.1) is 23.1 Å². The third-order valence-corrected chi connectivity index (χ3v) is 8.49. The number of fused-ring (bicyclic) bond motifs is 1. The Bertz CT molecular complexity index is 1260. The molecule has 0 unspecified atom stereocenters. The number of aromatic nitrogens is 2. The number of nitrogens with one attached hydrogen (secondary N) is 2. The van der Waals surface area contributed by atoms with Crippen molar-refractivity contribution in [1.29, 1.82) is 0 Å². The molecule has 0 fully saturated rings. The van der Waals surface area contributed by atoms with Crippen molar-refractivity contribution < 1.29 is 13.2 Å². The van der Waals surface area contributed by atoms with Crippen LogP contribution in [0.5, 0.6) is 0 Å². The highest BCUT2D eigenvalue weighted by Crippen LogP contribution is 2.31. The van der Waals surface area contributed by atoms with Crippen molar-refractivity contribution in [3.8, 4) is 0 Å². The lowest BCUT2D eigenvalue weighted by Gasteiger charge is -2.29. The zero-order chi connectivity index (χ0) is 24.5. The van der Waals surface area contributed by atoms with Gasteiger partial charge in [-0.05, 0) is 67.9 Å². The summed E-state index contributed by atoms with van der Waals surface area (Å²) in [6, 6.07) is 15.3. The number of hydrogen-bond donors (Lipinski definition) is 2. The molecule has 1 aliphatic carbocycles. The summed E-state index contributed by atoms with van der Waals surface area (Å²) in [6.07, 6.45) is 2.80. The molecule has 2 aromatic carbocycles. The molecule has 0 radical (unpaired) electrons. The maximum atomic E-state index is 13.8. The predicted octanol–water partition coefficient (Wildman–Crippen LogP) is 4.54. The fourth-order valence-corrected chi connectivity index (χ4v) is 6.40. The van der Waals surface area contributed by atoms with Gasteiger partial charge in [-0.3, -0.25) is 14.2 Å². The fourth-order valence-electron chi connectivity index (χ4n) is 4.65. The second-order valence-electron chi connectivity index (χ2n) is 9.23. The molecule has 1 atom stereocenters. The van der Waals surface area contributed by atoms with Crippen molar-refractivity contribution in [2.24, 2.45) is 0 Å². The molecule has 1 heterocycles. The first kappa shape index (κ1) is 24.0. The minimum Gasteiger partial charge on any atom is -0.348 e. The Kier molecular flexibility index (Phi) is 6.79. The van der Waals surface area contributed by atoms with Crippen molar-refractivity contribution in [2.45, 2.75) is 63.8 Å². The number of anilines is 1. The first-order valence-electron chi connectivity index (χ1n) is 11.7. The van der Waals surface area contributed by atoms with Gasteiger partial charge in [0, 0.05) is 0 Å². The van der Waals surface area contributed by atoms with E-state index in [9.17, 15) is 13.2 Å². The van der Waals surface area contributed by atoms with Crippen LogP contribution in [0.3, 0.4) is 0 Å². The molecule has 0 saturated heterocycles. The number of aromatic amines is 1. The number of benzene rings is 2. The van der Waals surface area contributed by atoms with Crippen LogP contribution in [0.15, 0.2) is 53.4 Å². The fraction of sp³-hybridized carbons (Fsp3) is 0.385. The Morgan fingerprint density at radius 1 is 1.15 bits per heavy atom. The van der Waals surface area contributed by atoms with Crippen LogP contribution in [0, 0.1) is 13.8 Å². The Hall–Kier alpha value is -3.13. The van der Waals surface area contributed by atoms with E-state index in [1.54, 1.807) is 26.0 Å². The van der Waals surface area contributed by atoms with E-state index in [0.29, 0.717) is 23.0 Å². The third kappa shape index (κ3) is 4.73. The van der Waals surface area contributed by atoms with E-state index in [4.69, 9.17) is 0 Å². The van der Waals surface area contributed by atoms with Gasteiger partial charge in [0.15, 0.2) is 0 Å². The standard InChI is InChI=1S/C26H32N4O3S/c1-17(2)20-12-14-22(15-13-20)30(34(32,33)26-18(3)28-29-19(26)4)16-25(31)27-24-11-7-9-21-8-5-6-10-23(21)24/h5-6,8,10,12-15,17,24H,7,9,11,16H2,1-4H3,(H,27,31)(H,28,29)/t24-/m0/s1. The summed E-state index contributed by atoms with van der Waals surface area (Å²) >= 11 is 0. The molecule has 0 spiro atoms. The number of carbonyl (C=O) groups is 1. The molecule has 0 saturated carbocycles. The monoisotopic (exact) mass is 480 g/mol. The van der Waals surface area contributed by atoms with Gasteiger partial charge in [-0.25, -0.2) is 8.42 Å². The van der Waals surface area contributed by atoms with Crippen molar-refractivity contribution in [3.63, 3.8) is 0 Å². The zero-order valence-electron chi connectivity index (χ0n) is 20.1. The summed E-state index contributed by atoms with van der Waals surface area (Å²) in [4.78, 5) is 13.3. The lowest BCUT2D eigenvalue weighted by atomic mass is 9.88. The van der Waals surface area contributed by atoms with E-state index in [-0.39, 0.29) is 23.4 Å². The van der Waals surface area contributed by atoms with Gasteiger partial charge in [-0.2, -0.15) is 5.10 Å². The van der Waals surface area contributed by atoms with Crippen molar-refractivity contribution >= 4 is 21.6 Å². The summed E-state index contributed by atoms with van der Waals surface area (Å²) in [5, 5.41) is 9.89. The Morgan fingerprint density at radius 2 is 1.85 bits per heavy atom. The zero-order valence-corrected chi connectivity index (χ0v) is 20.9. The van der Waals surface area contributed by atoms with Crippen molar-refractivity contribution in [1.82, 2.24) is 15.5 Å². The highest BCUT2D eigenvalue weighted by atomic mass is 32.2. The number of sulfonamides is 1. The van der Waals surface area contributed by atoms with Crippen molar-refractivity contribution in [2.75, 3.05) is 10.8 Å². The van der Waals surface area contributed by atoms with Crippen LogP contribution in [0.25, 0.3) is 0 Å². The number of aryl methyl sites for hydroxylation is 3. The second kappa shape index (κ2) is 9.62. The molecule has 2 N–H and O–H groups in total. The summed E-state index contributed by atoms with van der Waals surface area (Å²) in [6.45, 7) is 7.17. The molecule has 0 bridgehead atoms. The van der Waals surface area contributed by atoms with E-state index in [1.165, 1.54) is 9.87 Å². The molecule has 180 valence electrons. The van der Waals surface area contributed by atoms with Crippen LogP contribution in [-0.4, -0.2) is 31.1 Å². The highest BCUT2D eigenvalue weighted by Gasteiger charge is 2.32. The van der Waals surface area contributed by atoms with Crippen molar-refractivity contribution in [3.05, 3.63) is 76.6 Å². The molecule has 8 heteroatoms. The minimum absolute atomic E-state index is 0.108. The van der Waals surface area contributed by atoms with Gasteiger partial charge in [0.1, 0.15) is 11.4 Å². The largest absolute Gasteiger partial charge is 0.348 e. The van der Waals surface area contributed by atoms with Crippen LogP contribution < -0.4 is 9.62 Å². The molecule has 7 nitrogen and oxygen atoms in total. The normalized spacial score (nSPS) is 15.7. The lowest BCUT2D eigenvalue weighted by Crippen LogP contribution is -2.42. The summed E-state index contributed by atoms with van der Waals surface area (Å²) in [7, 11) is -4.02. The van der Waals surface area contributed by atoms with E-state index in [1.807, 2.05) is 30.3 Å². The van der Waals surface area contributed by atoms with Crippen LogP contribution in [0.1, 0.15) is 66.7 Å². The lowest BCUT2D eigenvalue weighted by molar-refractivity contribution is -0.120. The predicted molar refractivity (Wildman–Crippen MR) is 133 cm³/mol. The van der Waals surface area contributed by atoms with E-state index in [2.05, 4.69) is 35.4 Å². The average molecular weight is 481 g/mol. The second-order valence-corrected chi connectivity index (χ2v) is 11.0. The van der Waals surface area contributed by atoms with Crippen LogP contribution in [0.4, 0.5) is 5.69 Å². The highest BCUT2D eigenvalue weighted by molar-refractivity contribution is 7.93. The number of nitrogens with zero attached hydrogens (tertiary/aromatic N) is 2. The smallest absolute Gasteiger partial charge is 0.268 e. The molecule has 1 aromatic heterocycles. The van der Waals surface area contributed by atoms with Gasteiger partial charge in [-0.15, -0.1) is 0 Å². The first-order valence-corrected chi connectivity index (χ1v) is 13.1. The molecule has 4 rings (SSSR count). The number of carbonyl (C=O) groups excluding carboxylic acids is 1. The van der Waals surface area contributed by atoms with Gasteiger partial charge < -0.3 is 5.32 Å². The maximum absolute atomic E-state index is 13.8. The van der Waals surface area contributed by atoms with Gasteiger partial charge in [-0.1, -0.05) is 50.2 Å². The van der Waals surface area contributed by atoms with E-state index in [0.717, 1.165) is 30.4 Å². The van der Waals surface area contributed by atoms with Gasteiger partial charge in [0.25, 0.3) is 10.0 Å². The molecule has 1 aliphatic rings. The average Bonchev–Trinajstić information content (AvgIpc) is 3.16. The number of hydrogen-bond acceptors (Lipinski definition) is 4. The molecular weight excluding hydrogens is 448 g/mol. The Labute approximate surface area is 201 Å². The maximum Gasteiger partial charge on any atom is 0.268 e. The van der Waals surface area contributed by atoms with Gasteiger partial charge in [0.2, 0.25) is 5.91 Å². The number of amides is 1. The van der Waals surface area contributed by atoms with Crippen LogP contribution in [0.2, 0.25) is 0 Å². The Balaban J connectivity index is 1.66. The molecule has 3 aromatic rings. The van der Waals surface area contributed by atoms with Crippen LogP contribution in [-0.2, 0) is 21.2 Å². The molecule has 1 amide bonds. The topological polar surface area (TPSA) is 95.2 Å². The Morgan fingerprint density at radius 3 is 2.50 bits per heavy atom. The molecular formula is C26H32N4O3S. The quantitative estimate of drug-likeness (QED) is 0.519. The summed E-state index contributed by atoms with van der Waals surface area (Å²) in [5.74, 6) is -0.0239. The SMILES string of the molecule is Cc1n[nH]c(C)c1S(=O)(=O)N(CC(=O)N[C@H]1CCCc2ccccc21)c1ccc(C(C)C)cc1. The van der Waals surface area contributed by atoms with E-state index >= 15 is 0 Å². The number of H-pyrrole nitrogens is 1. The number of rotatable bonds is 7. The van der Waals surface area contributed by atoms with Crippen LogP contribution >= 0.6 is 0 Å². The third-order valence-electron chi connectivity index (χ3n) is 6.45. The summed E-state index contributed by atoms with van der Waals surface area (Å²) < 4.78 is 28.7. The molecule has 34 heavy (non-hydrogen) atoms. The summed E-state index contributed by atoms with van der Waals surface area (Å²) in [5.41, 5.74) is 4.71.